The number of hydrogen-bond donors (Lipinski definition) is 1. The minimum atomic E-state index is 0.0812. The highest BCUT2D eigenvalue weighted by atomic mass is 14.8. The molecule has 0 spiro atoms. The lowest BCUT2D eigenvalue weighted by Crippen LogP contribution is -2.08. The van der Waals surface area contributed by atoms with E-state index >= 15 is 0 Å². The molecule has 0 aromatic heterocycles. The molecule has 2 rings (SSSR count). The summed E-state index contributed by atoms with van der Waals surface area (Å²) in [5.74, 6) is 0. The molecule has 1 aromatic carbocycles. The van der Waals surface area contributed by atoms with Crippen LogP contribution in [0.4, 0.5) is 5.69 Å². The molecular formula is C12H9N3. The van der Waals surface area contributed by atoms with E-state index in [2.05, 4.69) is 17.4 Å². The lowest BCUT2D eigenvalue weighted by atomic mass is 9.88. The van der Waals surface area contributed by atoms with Crippen LogP contribution < -0.4 is 5.32 Å². The molecule has 0 amide bonds. The van der Waals surface area contributed by atoms with Gasteiger partial charge in [0.2, 0.25) is 0 Å². The maximum Gasteiger partial charge on any atom is 0.145 e. The van der Waals surface area contributed by atoms with Crippen LogP contribution in [-0.4, -0.2) is 0 Å². The van der Waals surface area contributed by atoms with Gasteiger partial charge in [-0.05, 0) is 36.1 Å². The quantitative estimate of drug-likeness (QED) is 0.735. The molecule has 0 fully saturated rings. The molecule has 0 unspecified atom stereocenters. The van der Waals surface area contributed by atoms with Gasteiger partial charge in [0.05, 0.1) is 0 Å². The van der Waals surface area contributed by atoms with Crippen molar-refractivity contribution in [1.82, 2.24) is 0 Å². The normalized spacial score (nSPS) is 11.3. The van der Waals surface area contributed by atoms with Gasteiger partial charge in [0.15, 0.2) is 0 Å². The molecule has 1 aromatic rings. The Morgan fingerprint density at radius 3 is 2.47 bits per heavy atom. The Kier molecular flexibility index (Phi) is 2.39. The molecule has 3 nitrogen and oxygen atoms in total. The highest BCUT2D eigenvalue weighted by Gasteiger charge is 2.12. The first-order valence-electron chi connectivity index (χ1n) is 4.72. The first-order valence-corrected chi connectivity index (χ1v) is 4.72. The molecular weight excluding hydrogens is 186 g/mol. The van der Waals surface area contributed by atoms with Crippen molar-refractivity contribution in [3.8, 4) is 12.1 Å². The van der Waals surface area contributed by atoms with Crippen LogP contribution in [0, 0.1) is 22.7 Å². The summed E-state index contributed by atoms with van der Waals surface area (Å²) in [5, 5.41) is 20.0. The molecule has 0 bridgehead atoms. The molecule has 1 aliphatic carbocycles. The fourth-order valence-electron chi connectivity index (χ4n) is 1.53. The molecule has 72 valence electrons. The minimum Gasteiger partial charge on any atom is -0.360 e. The molecule has 0 radical (unpaired) electrons. The topological polar surface area (TPSA) is 59.6 Å². The van der Waals surface area contributed by atoms with E-state index in [4.69, 9.17) is 10.5 Å². The molecule has 0 heterocycles. The molecule has 15 heavy (non-hydrogen) atoms. The smallest absolute Gasteiger partial charge is 0.145 e. The van der Waals surface area contributed by atoms with Gasteiger partial charge in [0.1, 0.15) is 17.7 Å². The van der Waals surface area contributed by atoms with Crippen LogP contribution in [0.5, 0.6) is 0 Å². The van der Waals surface area contributed by atoms with E-state index in [1.165, 1.54) is 17.3 Å². The van der Waals surface area contributed by atoms with Gasteiger partial charge in [0, 0.05) is 11.9 Å². The van der Waals surface area contributed by atoms with Crippen molar-refractivity contribution in [2.75, 3.05) is 5.32 Å². The summed E-state index contributed by atoms with van der Waals surface area (Å²) in [4.78, 5) is 0. The van der Waals surface area contributed by atoms with Crippen LogP contribution in [0.3, 0.4) is 0 Å². The van der Waals surface area contributed by atoms with Gasteiger partial charge >= 0.3 is 0 Å². The Hall–Kier alpha value is -2.26. The van der Waals surface area contributed by atoms with Gasteiger partial charge in [-0.2, -0.15) is 10.5 Å². The Morgan fingerprint density at radius 1 is 1.20 bits per heavy atom. The van der Waals surface area contributed by atoms with Gasteiger partial charge < -0.3 is 5.32 Å². The number of rotatable bonds is 2. The number of anilines is 1. The Bertz CT molecular complexity index is 485. The number of hydrogen-bond acceptors (Lipinski definition) is 3. The van der Waals surface area contributed by atoms with E-state index in [1.54, 1.807) is 12.1 Å². The van der Waals surface area contributed by atoms with Crippen molar-refractivity contribution in [2.45, 2.75) is 12.8 Å². The lowest BCUT2D eigenvalue weighted by molar-refractivity contribution is 0.840. The highest BCUT2D eigenvalue weighted by molar-refractivity contribution is 5.54. The molecule has 3 heteroatoms. The van der Waals surface area contributed by atoms with Gasteiger partial charge in [-0.15, -0.1) is 0 Å². The summed E-state index contributed by atoms with van der Waals surface area (Å²) in [6.07, 6.45) is 3.71. The van der Waals surface area contributed by atoms with Crippen molar-refractivity contribution in [3.05, 3.63) is 41.1 Å². The second-order valence-electron chi connectivity index (χ2n) is 3.41. The fourth-order valence-corrected chi connectivity index (χ4v) is 1.53. The largest absolute Gasteiger partial charge is 0.360 e. The Balaban J connectivity index is 2.13. The van der Waals surface area contributed by atoms with Gasteiger partial charge in [0.25, 0.3) is 0 Å². The van der Waals surface area contributed by atoms with Crippen LogP contribution in [-0.2, 0) is 12.8 Å². The molecule has 0 saturated heterocycles. The number of benzene rings is 1. The van der Waals surface area contributed by atoms with Crippen LogP contribution in [0.1, 0.15) is 11.1 Å². The van der Waals surface area contributed by atoms with E-state index in [9.17, 15) is 0 Å². The number of aryl methyl sites for hydroxylation is 2. The third-order valence-corrected chi connectivity index (χ3v) is 2.49. The van der Waals surface area contributed by atoms with Crippen LogP contribution in [0.2, 0.25) is 0 Å². The number of nitrogens with zero attached hydrogens (tertiary/aromatic N) is 2. The van der Waals surface area contributed by atoms with Gasteiger partial charge in [-0.3, -0.25) is 0 Å². The van der Waals surface area contributed by atoms with Gasteiger partial charge in [-0.1, -0.05) is 6.07 Å². The number of nitriles is 2. The van der Waals surface area contributed by atoms with Crippen LogP contribution in [0.25, 0.3) is 0 Å². The maximum absolute atomic E-state index is 8.53. The fraction of sp³-hybridized carbons (Fsp3) is 0.167. The third kappa shape index (κ3) is 1.82. The second-order valence-corrected chi connectivity index (χ2v) is 3.41. The van der Waals surface area contributed by atoms with Crippen LogP contribution >= 0.6 is 0 Å². The molecule has 1 N–H and O–H groups in total. The van der Waals surface area contributed by atoms with E-state index in [0.717, 1.165) is 18.5 Å². The standard InChI is InChI=1S/C12H9N3/c13-6-9(7-14)8-15-12-4-3-10-1-2-11(10)5-12/h3-5,8,15H,1-2H2. The monoisotopic (exact) mass is 195 g/mol. The van der Waals surface area contributed by atoms with E-state index < -0.39 is 0 Å². The number of fused-ring (bicyclic) bond motifs is 1. The molecule has 0 saturated carbocycles. The summed E-state index contributed by atoms with van der Waals surface area (Å²) < 4.78 is 0. The second kappa shape index (κ2) is 3.86. The summed E-state index contributed by atoms with van der Waals surface area (Å²) >= 11 is 0. The van der Waals surface area contributed by atoms with Crippen molar-refractivity contribution < 1.29 is 0 Å². The molecule has 0 atom stereocenters. The Labute approximate surface area is 88.3 Å². The van der Waals surface area contributed by atoms with E-state index in [1.807, 2.05) is 6.07 Å². The third-order valence-electron chi connectivity index (χ3n) is 2.49. The van der Waals surface area contributed by atoms with Crippen molar-refractivity contribution in [1.29, 1.82) is 10.5 Å². The summed E-state index contributed by atoms with van der Waals surface area (Å²) in [6.45, 7) is 0. The van der Waals surface area contributed by atoms with Gasteiger partial charge in [-0.25, -0.2) is 0 Å². The van der Waals surface area contributed by atoms with Crippen molar-refractivity contribution >= 4 is 5.69 Å². The molecule has 1 aliphatic rings. The van der Waals surface area contributed by atoms with Crippen LogP contribution in [0.15, 0.2) is 30.0 Å². The van der Waals surface area contributed by atoms with E-state index in [0.29, 0.717) is 0 Å². The van der Waals surface area contributed by atoms with Crippen molar-refractivity contribution in [3.63, 3.8) is 0 Å². The average Bonchev–Trinajstić information content (AvgIpc) is 2.23. The Morgan fingerprint density at radius 2 is 1.93 bits per heavy atom. The summed E-state index contributed by atoms with van der Waals surface area (Å²) in [7, 11) is 0. The SMILES string of the molecule is N#CC(C#N)=CNc1ccc2c(c1)CC2. The predicted octanol–water partition coefficient (Wildman–Crippen LogP) is 2.13. The average molecular weight is 195 g/mol. The first kappa shape index (κ1) is 9.30. The zero-order chi connectivity index (χ0) is 10.7. The molecule has 0 aliphatic heterocycles. The zero-order valence-electron chi connectivity index (χ0n) is 8.12. The summed E-state index contributed by atoms with van der Waals surface area (Å²) in [6, 6.07) is 9.69. The lowest BCUT2D eigenvalue weighted by Gasteiger charge is -2.19. The number of nitrogens with one attached hydrogen (secondary N) is 1. The first-order chi connectivity index (χ1) is 7.33. The maximum atomic E-state index is 8.53. The van der Waals surface area contributed by atoms with Crippen molar-refractivity contribution in [2.24, 2.45) is 0 Å². The zero-order valence-corrected chi connectivity index (χ0v) is 8.12. The number of allylic oxidation sites excluding steroid dienone is 1. The summed E-state index contributed by atoms with van der Waals surface area (Å²) in [5.41, 5.74) is 3.75. The predicted molar refractivity (Wildman–Crippen MR) is 56.8 cm³/mol. The minimum absolute atomic E-state index is 0.0812. The highest BCUT2D eigenvalue weighted by Crippen LogP contribution is 2.25. The van der Waals surface area contributed by atoms with E-state index in [-0.39, 0.29) is 5.57 Å².